The molecule has 2 rings (SSSR count). The van der Waals surface area contributed by atoms with Gasteiger partial charge in [0.25, 0.3) is 5.91 Å². The van der Waals surface area contributed by atoms with Gasteiger partial charge in [0.1, 0.15) is 5.71 Å². The minimum absolute atomic E-state index is 0.0902. The van der Waals surface area contributed by atoms with Gasteiger partial charge in [-0.3, -0.25) is 9.59 Å². The van der Waals surface area contributed by atoms with E-state index in [2.05, 4.69) is 10.4 Å². The molecule has 2 N–H and O–H groups in total. The van der Waals surface area contributed by atoms with Crippen LogP contribution in [-0.2, 0) is 16.1 Å². The Kier molecular flexibility index (Phi) is 4.84. The molecule has 0 aliphatic carbocycles. The maximum atomic E-state index is 11.8. The number of carbonyl (C=O) groups excluding carboxylic acids is 2. The molecule has 1 aromatic rings. The smallest absolute Gasteiger partial charge is 0.267 e. The van der Waals surface area contributed by atoms with Crippen LogP contribution in [0.2, 0.25) is 0 Å². The summed E-state index contributed by atoms with van der Waals surface area (Å²) in [7, 11) is 0. The summed E-state index contributed by atoms with van der Waals surface area (Å²) in [6.45, 7) is 0.423. The van der Waals surface area contributed by atoms with Crippen molar-refractivity contribution in [1.82, 2.24) is 10.3 Å². The average Bonchev–Trinajstić information content (AvgIpc) is 2.48. The lowest BCUT2D eigenvalue weighted by atomic mass is 10.1. The summed E-state index contributed by atoms with van der Waals surface area (Å²) in [6.07, 6.45) is 0.611. The van der Waals surface area contributed by atoms with E-state index in [0.29, 0.717) is 18.7 Å². The molecule has 20 heavy (non-hydrogen) atoms. The Hall–Kier alpha value is -2.21. The summed E-state index contributed by atoms with van der Waals surface area (Å²) in [5.41, 5.74) is 1.29. The summed E-state index contributed by atoms with van der Waals surface area (Å²) in [5, 5.41) is 16.7. The summed E-state index contributed by atoms with van der Waals surface area (Å²) in [5.74, 6) is -0.419. The lowest BCUT2D eigenvalue weighted by Gasteiger charge is -2.23. The molecule has 1 aromatic carbocycles. The van der Waals surface area contributed by atoms with E-state index in [4.69, 9.17) is 5.11 Å². The van der Waals surface area contributed by atoms with Gasteiger partial charge in [-0.2, -0.15) is 5.10 Å². The molecule has 0 fully saturated rings. The third-order valence-corrected chi connectivity index (χ3v) is 2.94. The SMILES string of the molecule is O=C(NCCO)C1=NN(Cc2ccccc2)C(=O)CC1. The molecular weight excluding hydrogens is 258 g/mol. The predicted octanol–water partition coefficient (Wildman–Crippen LogP) is 0.273. The fraction of sp³-hybridized carbons (Fsp3) is 0.357. The van der Waals surface area contributed by atoms with Crippen LogP contribution in [0.3, 0.4) is 0 Å². The van der Waals surface area contributed by atoms with Crippen molar-refractivity contribution >= 4 is 17.5 Å². The van der Waals surface area contributed by atoms with E-state index in [0.717, 1.165) is 5.56 Å². The molecule has 0 aromatic heterocycles. The van der Waals surface area contributed by atoms with Crippen LogP contribution in [0, 0.1) is 0 Å². The molecule has 6 nitrogen and oxygen atoms in total. The summed E-state index contributed by atoms with van der Waals surface area (Å²) < 4.78 is 0. The van der Waals surface area contributed by atoms with Crippen molar-refractivity contribution in [2.75, 3.05) is 13.2 Å². The Balaban J connectivity index is 2.06. The van der Waals surface area contributed by atoms with E-state index in [1.807, 2.05) is 30.3 Å². The highest BCUT2D eigenvalue weighted by atomic mass is 16.3. The zero-order valence-corrected chi connectivity index (χ0v) is 11.1. The van der Waals surface area contributed by atoms with Gasteiger partial charge in [-0.25, -0.2) is 5.01 Å². The number of carbonyl (C=O) groups is 2. The fourth-order valence-electron chi connectivity index (χ4n) is 1.92. The third-order valence-electron chi connectivity index (χ3n) is 2.94. The molecule has 106 valence electrons. The Labute approximate surface area is 117 Å². The van der Waals surface area contributed by atoms with Crippen LogP contribution in [0.1, 0.15) is 18.4 Å². The Bertz CT molecular complexity index is 514. The van der Waals surface area contributed by atoms with Crippen molar-refractivity contribution in [1.29, 1.82) is 0 Å². The predicted molar refractivity (Wildman–Crippen MR) is 73.8 cm³/mol. The van der Waals surface area contributed by atoms with Gasteiger partial charge in [0.05, 0.1) is 13.2 Å². The van der Waals surface area contributed by atoms with Crippen LogP contribution >= 0.6 is 0 Å². The molecule has 6 heteroatoms. The second-order valence-corrected chi connectivity index (χ2v) is 4.46. The van der Waals surface area contributed by atoms with Gasteiger partial charge in [0, 0.05) is 19.4 Å². The van der Waals surface area contributed by atoms with Crippen LogP contribution in [0.4, 0.5) is 0 Å². The molecule has 0 spiro atoms. The van der Waals surface area contributed by atoms with Gasteiger partial charge >= 0.3 is 0 Å². The van der Waals surface area contributed by atoms with E-state index in [1.54, 1.807) is 0 Å². The second-order valence-electron chi connectivity index (χ2n) is 4.46. The van der Waals surface area contributed by atoms with Crippen molar-refractivity contribution in [3.8, 4) is 0 Å². The monoisotopic (exact) mass is 275 g/mol. The zero-order valence-electron chi connectivity index (χ0n) is 11.1. The standard InChI is InChI=1S/C14H17N3O3/c18-9-8-15-14(20)12-6-7-13(19)17(16-12)10-11-4-2-1-3-5-11/h1-5,18H,6-10H2,(H,15,20). The van der Waals surface area contributed by atoms with Crippen LogP contribution < -0.4 is 5.32 Å². The van der Waals surface area contributed by atoms with Gasteiger partial charge in [-0.05, 0) is 5.56 Å². The molecule has 0 radical (unpaired) electrons. The number of hydrogen-bond acceptors (Lipinski definition) is 4. The van der Waals surface area contributed by atoms with Gasteiger partial charge in [0.2, 0.25) is 5.91 Å². The van der Waals surface area contributed by atoms with Crippen molar-refractivity contribution in [2.45, 2.75) is 19.4 Å². The first kappa shape index (κ1) is 14.2. The van der Waals surface area contributed by atoms with E-state index in [-0.39, 0.29) is 31.4 Å². The zero-order chi connectivity index (χ0) is 14.4. The summed E-state index contributed by atoms with van der Waals surface area (Å²) in [4.78, 5) is 23.6. The normalized spacial score (nSPS) is 14.9. The minimum atomic E-state index is -0.329. The Morgan fingerprint density at radius 2 is 2.05 bits per heavy atom. The van der Waals surface area contributed by atoms with E-state index in [1.165, 1.54) is 5.01 Å². The lowest BCUT2D eigenvalue weighted by Crippen LogP contribution is -2.39. The molecule has 1 aliphatic rings. The Morgan fingerprint density at radius 3 is 2.75 bits per heavy atom. The first-order valence-corrected chi connectivity index (χ1v) is 6.51. The average molecular weight is 275 g/mol. The van der Waals surface area contributed by atoms with Crippen LogP contribution in [0.5, 0.6) is 0 Å². The molecule has 2 amide bonds. The number of nitrogens with one attached hydrogen (secondary N) is 1. The molecule has 0 unspecified atom stereocenters. The number of amides is 2. The number of rotatable bonds is 5. The van der Waals surface area contributed by atoms with Crippen LogP contribution in [0.25, 0.3) is 0 Å². The molecule has 1 heterocycles. The number of benzene rings is 1. The number of nitrogens with zero attached hydrogens (tertiary/aromatic N) is 2. The molecule has 0 saturated carbocycles. The number of hydrogen-bond donors (Lipinski definition) is 2. The number of aliphatic hydroxyl groups is 1. The maximum absolute atomic E-state index is 11.8. The quantitative estimate of drug-likeness (QED) is 0.809. The van der Waals surface area contributed by atoms with Gasteiger partial charge < -0.3 is 10.4 Å². The van der Waals surface area contributed by atoms with Crippen LogP contribution in [0.15, 0.2) is 35.4 Å². The van der Waals surface area contributed by atoms with E-state index >= 15 is 0 Å². The fourth-order valence-corrected chi connectivity index (χ4v) is 1.92. The second kappa shape index (κ2) is 6.81. The molecule has 0 atom stereocenters. The maximum Gasteiger partial charge on any atom is 0.267 e. The van der Waals surface area contributed by atoms with Gasteiger partial charge in [-0.15, -0.1) is 0 Å². The van der Waals surface area contributed by atoms with E-state index < -0.39 is 0 Å². The molecule has 1 aliphatic heterocycles. The molecule has 0 bridgehead atoms. The first-order chi connectivity index (χ1) is 9.70. The van der Waals surface area contributed by atoms with Crippen LogP contribution in [-0.4, -0.2) is 40.8 Å². The first-order valence-electron chi connectivity index (χ1n) is 6.51. The molecule has 0 saturated heterocycles. The largest absolute Gasteiger partial charge is 0.395 e. The summed E-state index contributed by atoms with van der Waals surface area (Å²) in [6, 6.07) is 9.50. The topological polar surface area (TPSA) is 82.0 Å². The third kappa shape index (κ3) is 3.64. The van der Waals surface area contributed by atoms with Crippen molar-refractivity contribution in [3.05, 3.63) is 35.9 Å². The Morgan fingerprint density at radius 1 is 1.30 bits per heavy atom. The van der Waals surface area contributed by atoms with Gasteiger partial charge in [-0.1, -0.05) is 30.3 Å². The highest BCUT2D eigenvalue weighted by molar-refractivity contribution is 6.39. The van der Waals surface area contributed by atoms with E-state index in [9.17, 15) is 9.59 Å². The number of aliphatic hydroxyl groups excluding tert-OH is 1. The highest BCUT2D eigenvalue weighted by Gasteiger charge is 2.24. The summed E-state index contributed by atoms with van der Waals surface area (Å²) >= 11 is 0. The van der Waals surface area contributed by atoms with Crippen molar-refractivity contribution in [3.63, 3.8) is 0 Å². The molecular formula is C14H17N3O3. The number of hydrazone groups is 1. The minimum Gasteiger partial charge on any atom is -0.395 e. The lowest BCUT2D eigenvalue weighted by molar-refractivity contribution is -0.132. The van der Waals surface area contributed by atoms with Gasteiger partial charge in [0.15, 0.2) is 0 Å². The van der Waals surface area contributed by atoms with Crippen molar-refractivity contribution in [2.24, 2.45) is 5.10 Å². The van der Waals surface area contributed by atoms with Crippen molar-refractivity contribution < 1.29 is 14.7 Å². The highest BCUT2D eigenvalue weighted by Crippen LogP contribution is 2.13.